The van der Waals surface area contributed by atoms with Crippen molar-refractivity contribution in [3.8, 4) is 0 Å². The lowest BCUT2D eigenvalue weighted by atomic mass is 9.93. The maximum Gasteiger partial charge on any atom is 0.410 e. The summed E-state index contributed by atoms with van der Waals surface area (Å²) in [5, 5.41) is 2.87. The third-order valence-corrected chi connectivity index (χ3v) is 4.05. The van der Waals surface area contributed by atoms with Gasteiger partial charge in [0.25, 0.3) is 5.91 Å². The highest BCUT2D eigenvalue weighted by Gasteiger charge is 2.26. The van der Waals surface area contributed by atoms with Crippen molar-refractivity contribution in [3.63, 3.8) is 0 Å². The zero-order valence-electron chi connectivity index (χ0n) is 13.8. The zero-order chi connectivity index (χ0) is 16.6. The molecule has 0 radical (unpaired) electrons. The number of rotatable bonds is 1. The summed E-state index contributed by atoms with van der Waals surface area (Å²) in [5.74, 6) is -0.00589. The Morgan fingerprint density at radius 2 is 2.00 bits per heavy atom. The molecule has 0 bridgehead atoms. The van der Waals surface area contributed by atoms with Crippen LogP contribution >= 0.6 is 0 Å². The molecule has 0 unspecified atom stereocenters. The third kappa shape index (κ3) is 3.23. The Balaban J connectivity index is 1.76. The van der Waals surface area contributed by atoms with Crippen molar-refractivity contribution in [2.24, 2.45) is 0 Å². The van der Waals surface area contributed by atoms with Crippen molar-refractivity contribution in [1.29, 1.82) is 0 Å². The van der Waals surface area contributed by atoms with Crippen LogP contribution in [-0.4, -0.2) is 35.6 Å². The molecule has 1 N–H and O–H groups in total. The van der Waals surface area contributed by atoms with Gasteiger partial charge in [0, 0.05) is 25.2 Å². The molecule has 122 valence electrons. The summed E-state index contributed by atoms with van der Waals surface area (Å²) in [4.78, 5) is 25.6. The van der Waals surface area contributed by atoms with Gasteiger partial charge in [-0.3, -0.25) is 4.79 Å². The first-order chi connectivity index (χ1) is 10.8. The molecule has 0 saturated heterocycles. The van der Waals surface area contributed by atoms with Crippen LogP contribution in [0.2, 0.25) is 0 Å². The molecule has 2 aliphatic heterocycles. The number of hydrogen-bond donors (Lipinski definition) is 1. The summed E-state index contributed by atoms with van der Waals surface area (Å²) in [5.41, 5.74) is 3.66. The number of nitrogens with one attached hydrogen (secondary N) is 1. The molecular weight excluding hydrogens is 292 g/mol. The maximum absolute atomic E-state index is 12.1. The van der Waals surface area contributed by atoms with E-state index >= 15 is 0 Å². The fraction of sp³-hybridized carbons (Fsp3) is 0.444. The van der Waals surface area contributed by atoms with Crippen LogP contribution < -0.4 is 5.32 Å². The molecule has 1 aromatic rings. The first-order valence-corrected chi connectivity index (χ1v) is 7.92. The van der Waals surface area contributed by atoms with E-state index in [4.69, 9.17) is 4.74 Å². The van der Waals surface area contributed by atoms with Gasteiger partial charge in [0.05, 0.1) is 0 Å². The highest BCUT2D eigenvalue weighted by Crippen LogP contribution is 2.30. The summed E-state index contributed by atoms with van der Waals surface area (Å²) in [7, 11) is 0. The second-order valence-corrected chi connectivity index (χ2v) is 6.92. The Morgan fingerprint density at radius 1 is 1.26 bits per heavy atom. The standard InChI is InChI=1S/C18H22N2O3/c1-18(2,3)23-17(22)20-9-7-12(8-10-20)13-5-4-6-14-15(13)11-19-16(14)21/h4-7H,8-11H2,1-3H3,(H,19,21). The van der Waals surface area contributed by atoms with Crippen molar-refractivity contribution >= 4 is 17.6 Å². The van der Waals surface area contributed by atoms with Gasteiger partial charge >= 0.3 is 6.09 Å². The molecule has 23 heavy (non-hydrogen) atoms. The molecular formula is C18H22N2O3. The Kier molecular flexibility index (Phi) is 3.88. The fourth-order valence-corrected chi connectivity index (χ4v) is 2.96. The van der Waals surface area contributed by atoms with Crippen LogP contribution in [0.4, 0.5) is 4.79 Å². The minimum absolute atomic E-state index is 0.00589. The predicted octanol–water partition coefficient (Wildman–Crippen LogP) is 2.95. The number of hydrogen-bond acceptors (Lipinski definition) is 3. The van der Waals surface area contributed by atoms with Gasteiger partial charge in [-0.05, 0) is 50.0 Å². The van der Waals surface area contributed by atoms with Crippen LogP contribution in [-0.2, 0) is 11.3 Å². The van der Waals surface area contributed by atoms with Gasteiger partial charge in [0.15, 0.2) is 0 Å². The summed E-state index contributed by atoms with van der Waals surface area (Å²) < 4.78 is 5.41. The van der Waals surface area contributed by atoms with Crippen LogP contribution in [0.15, 0.2) is 24.3 Å². The van der Waals surface area contributed by atoms with E-state index < -0.39 is 5.60 Å². The van der Waals surface area contributed by atoms with Crippen LogP contribution in [0.1, 0.15) is 48.7 Å². The Morgan fingerprint density at radius 3 is 2.65 bits per heavy atom. The number of nitrogens with zero attached hydrogens (tertiary/aromatic N) is 1. The molecule has 0 atom stereocenters. The van der Waals surface area contributed by atoms with E-state index in [0.29, 0.717) is 19.6 Å². The lowest BCUT2D eigenvalue weighted by molar-refractivity contribution is 0.0270. The summed E-state index contributed by atoms with van der Waals surface area (Å²) >= 11 is 0. The van der Waals surface area contributed by atoms with Gasteiger partial charge in [-0.1, -0.05) is 18.2 Å². The number of fused-ring (bicyclic) bond motifs is 1. The molecule has 1 aromatic carbocycles. The SMILES string of the molecule is CC(C)(C)OC(=O)N1CC=C(c2cccc3c2CNC3=O)CC1. The van der Waals surface area contributed by atoms with Gasteiger partial charge in [0.1, 0.15) is 5.60 Å². The van der Waals surface area contributed by atoms with Gasteiger partial charge in [-0.15, -0.1) is 0 Å². The number of amides is 2. The summed E-state index contributed by atoms with van der Waals surface area (Å²) in [6.45, 7) is 7.35. The fourth-order valence-electron chi connectivity index (χ4n) is 2.96. The van der Waals surface area contributed by atoms with E-state index in [1.54, 1.807) is 4.90 Å². The molecule has 5 nitrogen and oxygen atoms in total. The highest BCUT2D eigenvalue weighted by molar-refractivity contribution is 5.99. The number of ether oxygens (including phenoxy) is 1. The average Bonchev–Trinajstić information content (AvgIpc) is 2.87. The van der Waals surface area contributed by atoms with Crippen molar-refractivity contribution in [1.82, 2.24) is 10.2 Å². The van der Waals surface area contributed by atoms with E-state index in [1.807, 2.05) is 39.0 Å². The molecule has 5 heteroatoms. The van der Waals surface area contributed by atoms with E-state index in [9.17, 15) is 9.59 Å². The minimum Gasteiger partial charge on any atom is -0.444 e. The Hall–Kier alpha value is -2.30. The second-order valence-electron chi connectivity index (χ2n) is 6.92. The molecule has 0 saturated carbocycles. The lowest BCUT2D eigenvalue weighted by Gasteiger charge is -2.30. The summed E-state index contributed by atoms with van der Waals surface area (Å²) in [6, 6.07) is 5.83. The van der Waals surface area contributed by atoms with Crippen molar-refractivity contribution in [3.05, 3.63) is 41.0 Å². The smallest absolute Gasteiger partial charge is 0.410 e. The molecule has 0 fully saturated rings. The van der Waals surface area contributed by atoms with Crippen LogP contribution in [0.3, 0.4) is 0 Å². The Bertz CT molecular complexity index is 686. The van der Waals surface area contributed by atoms with Crippen molar-refractivity contribution in [2.45, 2.75) is 39.3 Å². The van der Waals surface area contributed by atoms with E-state index in [2.05, 4.69) is 11.4 Å². The largest absolute Gasteiger partial charge is 0.444 e. The van der Waals surface area contributed by atoms with E-state index in [1.165, 1.54) is 5.57 Å². The molecule has 0 spiro atoms. The summed E-state index contributed by atoms with van der Waals surface area (Å²) in [6.07, 6.45) is 2.55. The van der Waals surface area contributed by atoms with E-state index in [0.717, 1.165) is 23.1 Å². The first-order valence-electron chi connectivity index (χ1n) is 7.92. The first kappa shape index (κ1) is 15.6. The molecule has 0 aromatic heterocycles. The molecule has 3 rings (SSSR count). The van der Waals surface area contributed by atoms with E-state index in [-0.39, 0.29) is 12.0 Å². The average molecular weight is 314 g/mol. The molecule has 2 aliphatic rings. The molecule has 2 amide bonds. The Labute approximate surface area is 136 Å². The predicted molar refractivity (Wildman–Crippen MR) is 88.0 cm³/mol. The monoisotopic (exact) mass is 314 g/mol. The topological polar surface area (TPSA) is 58.6 Å². The minimum atomic E-state index is -0.479. The molecule has 2 heterocycles. The van der Waals surface area contributed by atoms with Gasteiger partial charge < -0.3 is 15.0 Å². The quantitative estimate of drug-likeness (QED) is 0.867. The van der Waals surface area contributed by atoms with Gasteiger partial charge in [-0.25, -0.2) is 4.79 Å². The number of carbonyl (C=O) groups is 2. The van der Waals surface area contributed by atoms with Crippen molar-refractivity contribution < 1.29 is 14.3 Å². The molecule has 0 aliphatic carbocycles. The van der Waals surface area contributed by atoms with Crippen LogP contribution in [0.25, 0.3) is 5.57 Å². The number of benzene rings is 1. The second kappa shape index (κ2) is 5.72. The van der Waals surface area contributed by atoms with Crippen LogP contribution in [0, 0.1) is 0 Å². The zero-order valence-corrected chi connectivity index (χ0v) is 13.8. The highest BCUT2D eigenvalue weighted by atomic mass is 16.6. The number of carbonyl (C=O) groups excluding carboxylic acids is 2. The lowest BCUT2D eigenvalue weighted by Crippen LogP contribution is -2.39. The van der Waals surface area contributed by atoms with Crippen molar-refractivity contribution in [2.75, 3.05) is 13.1 Å². The van der Waals surface area contributed by atoms with Gasteiger partial charge in [0.2, 0.25) is 0 Å². The maximum atomic E-state index is 12.1. The van der Waals surface area contributed by atoms with Crippen LogP contribution in [0.5, 0.6) is 0 Å². The normalized spacial score (nSPS) is 17.4. The van der Waals surface area contributed by atoms with Gasteiger partial charge in [-0.2, -0.15) is 0 Å². The third-order valence-electron chi connectivity index (χ3n) is 4.05.